The van der Waals surface area contributed by atoms with Crippen LogP contribution in [0.1, 0.15) is 46.0 Å². The Morgan fingerprint density at radius 2 is 2.00 bits per heavy atom. The minimum absolute atomic E-state index is 0. The summed E-state index contributed by atoms with van der Waals surface area (Å²) in [5.41, 5.74) is 0.284. The van der Waals surface area contributed by atoms with Gasteiger partial charge in [-0.25, -0.2) is 4.99 Å². The number of fused-ring (bicyclic) bond motifs is 2. The largest absolute Gasteiger partial charge is 0.377 e. The van der Waals surface area contributed by atoms with E-state index < -0.39 is 0 Å². The first-order valence-electron chi connectivity index (χ1n) is 9.33. The van der Waals surface area contributed by atoms with Crippen LogP contribution in [-0.4, -0.2) is 62.2 Å². The van der Waals surface area contributed by atoms with Gasteiger partial charge in [-0.1, -0.05) is 12.8 Å². The fourth-order valence-electron chi connectivity index (χ4n) is 4.75. The van der Waals surface area contributed by atoms with Gasteiger partial charge in [-0.3, -0.25) is 4.79 Å². The van der Waals surface area contributed by atoms with Crippen LogP contribution >= 0.6 is 24.0 Å². The van der Waals surface area contributed by atoms with Crippen molar-refractivity contribution < 1.29 is 9.53 Å². The molecule has 0 aromatic rings. The number of carbonyl (C=O) groups is 1. The van der Waals surface area contributed by atoms with Crippen LogP contribution in [0.25, 0.3) is 0 Å². The van der Waals surface area contributed by atoms with Crippen LogP contribution in [0.15, 0.2) is 4.99 Å². The second-order valence-electron chi connectivity index (χ2n) is 8.06. The molecule has 3 atom stereocenters. The number of nitrogens with zero attached hydrogens (tertiary/aromatic N) is 2. The minimum atomic E-state index is 0. The number of nitrogens with one attached hydrogen (secondary N) is 2. The average molecular weight is 464 g/mol. The summed E-state index contributed by atoms with van der Waals surface area (Å²) in [6, 6.07) is 0.702. The maximum Gasteiger partial charge on any atom is 0.243 e. The highest BCUT2D eigenvalue weighted by Gasteiger charge is 2.65. The summed E-state index contributed by atoms with van der Waals surface area (Å²) in [7, 11) is 3.53. The van der Waals surface area contributed by atoms with Crippen LogP contribution in [0.3, 0.4) is 0 Å². The van der Waals surface area contributed by atoms with Crippen molar-refractivity contribution >= 4 is 35.8 Å². The van der Waals surface area contributed by atoms with E-state index in [1.54, 1.807) is 19.0 Å². The van der Waals surface area contributed by atoms with E-state index in [-0.39, 0.29) is 47.9 Å². The lowest BCUT2D eigenvalue weighted by Gasteiger charge is -2.57. The molecule has 3 fully saturated rings. The quantitative estimate of drug-likeness (QED) is 0.380. The van der Waals surface area contributed by atoms with Gasteiger partial charge in [0.05, 0.1) is 6.10 Å². The number of guanidine groups is 1. The number of halogens is 1. The van der Waals surface area contributed by atoms with Gasteiger partial charge in [0.1, 0.15) is 6.54 Å². The Bertz CT molecular complexity index is 503. The number of ether oxygens (including phenoxy) is 1. The molecule has 1 aliphatic heterocycles. The summed E-state index contributed by atoms with van der Waals surface area (Å²) in [5.74, 6) is 1.37. The normalized spacial score (nSPS) is 29.8. The predicted octanol–water partition coefficient (Wildman–Crippen LogP) is 1.98. The van der Waals surface area contributed by atoms with Crippen molar-refractivity contribution in [1.82, 2.24) is 15.5 Å². The molecule has 7 heteroatoms. The van der Waals surface area contributed by atoms with Crippen molar-refractivity contribution in [3.8, 4) is 0 Å². The number of amides is 1. The lowest BCUT2D eigenvalue weighted by atomic mass is 9.54. The first-order chi connectivity index (χ1) is 11.4. The van der Waals surface area contributed by atoms with Gasteiger partial charge in [-0.05, 0) is 33.1 Å². The lowest BCUT2D eigenvalue weighted by molar-refractivity contribution is -0.127. The van der Waals surface area contributed by atoms with Crippen molar-refractivity contribution in [2.75, 3.05) is 27.2 Å². The van der Waals surface area contributed by atoms with Crippen molar-refractivity contribution in [2.24, 2.45) is 16.3 Å². The van der Waals surface area contributed by atoms with Gasteiger partial charge in [0.25, 0.3) is 0 Å². The number of rotatable bonds is 4. The van der Waals surface area contributed by atoms with Gasteiger partial charge in [0.2, 0.25) is 5.91 Å². The molecule has 0 bridgehead atoms. The molecule has 0 aromatic carbocycles. The van der Waals surface area contributed by atoms with Gasteiger partial charge in [0, 0.05) is 44.1 Å². The maximum atomic E-state index is 11.9. The van der Waals surface area contributed by atoms with Gasteiger partial charge in [-0.2, -0.15) is 0 Å². The summed E-state index contributed by atoms with van der Waals surface area (Å²) < 4.78 is 6.05. The van der Waals surface area contributed by atoms with Gasteiger partial charge >= 0.3 is 0 Å². The highest BCUT2D eigenvalue weighted by Crippen LogP contribution is 2.60. The van der Waals surface area contributed by atoms with Crippen LogP contribution in [-0.2, 0) is 9.53 Å². The first-order valence-corrected chi connectivity index (χ1v) is 9.33. The summed E-state index contributed by atoms with van der Waals surface area (Å²) in [6.07, 6.45) is 6.66. The highest BCUT2D eigenvalue weighted by molar-refractivity contribution is 14.0. The minimum Gasteiger partial charge on any atom is -0.377 e. The Kier molecular flexibility index (Phi) is 6.98. The Labute approximate surface area is 168 Å². The van der Waals surface area contributed by atoms with E-state index in [9.17, 15) is 4.79 Å². The predicted molar refractivity (Wildman–Crippen MR) is 110 cm³/mol. The van der Waals surface area contributed by atoms with Crippen LogP contribution in [0.4, 0.5) is 0 Å². The molecule has 3 unspecified atom stereocenters. The molecular formula is C18H33IN4O2. The Morgan fingerprint density at radius 1 is 1.32 bits per heavy atom. The van der Waals surface area contributed by atoms with E-state index in [1.807, 2.05) is 0 Å². The van der Waals surface area contributed by atoms with E-state index in [1.165, 1.54) is 25.7 Å². The summed E-state index contributed by atoms with van der Waals surface area (Å²) in [5, 5.41) is 7.06. The zero-order chi connectivity index (χ0) is 17.3. The fourth-order valence-corrected chi connectivity index (χ4v) is 4.75. The number of hydrogen-bond donors (Lipinski definition) is 2. The molecule has 3 rings (SSSR count). The molecule has 144 valence electrons. The zero-order valence-corrected chi connectivity index (χ0v) is 18.2. The summed E-state index contributed by atoms with van der Waals surface area (Å²) in [4.78, 5) is 18.0. The van der Waals surface area contributed by atoms with Crippen molar-refractivity contribution in [1.29, 1.82) is 0 Å². The Morgan fingerprint density at radius 3 is 2.60 bits per heavy atom. The van der Waals surface area contributed by atoms with Crippen molar-refractivity contribution in [2.45, 2.75) is 64.1 Å². The van der Waals surface area contributed by atoms with E-state index in [4.69, 9.17) is 4.74 Å². The van der Waals surface area contributed by atoms with Crippen molar-refractivity contribution in [3.05, 3.63) is 0 Å². The molecule has 1 saturated heterocycles. The molecule has 6 nitrogen and oxygen atoms in total. The highest BCUT2D eigenvalue weighted by atomic mass is 127. The Hall–Kier alpha value is -0.570. The van der Waals surface area contributed by atoms with Crippen LogP contribution in [0, 0.1) is 11.3 Å². The van der Waals surface area contributed by atoms with Crippen LogP contribution in [0.5, 0.6) is 0 Å². The smallest absolute Gasteiger partial charge is 0.243 e. The number of carbonyl (C=O) groups excluding carboxylic acids is 1. The topological polar surface area (TPSA) is 66.0 Å². The molecule has 1 spiro atoms. The Balaban J connectivity index is 0.00000225. The molecule has 1 heterocycles. The van der Waals surface area contributed by atoms with E-state index in [2.05, 4.69) is 29.5 Å². The first kappa shape index (κ1) is 20.7. The molecule has 3 aliphatic rings. The fraction of sp³-hybridized carbons (Fsp3) is 0.889. The summed E-state index contributed by atoms with van der Waals surface area (Å²) in [6.45, 7) is 5.26. The second-order valence-corrected chi connectivity index (χ2v) is 8.06. The SMILES string of the molecule is CC(C)NC(=NCC(=O)N(C)C)NC1C2CCOC2C12CCCC2.I. The van der Waals surface area contributed by atoms with E-state index in [0.717, 1.165) is 19.0 Å². The number of hydrogen-bond acceptors (Lipinski definition) is 3. The zero-order valence-electron chi connectivity index (χ0n) is 15.9. The molecule has 2 aliphatic carbocycles. The number of aliphatic imine (C=N–C) groups is 1. The third-order valence-electron chi connectivity index (χ3n) is 5.87. The maximum absolute atomic E-state index is 11.9. The third kappa shape index (κ3) is 4.07. The molecule has 25 heavy (non-hydrogen) atoms. The van der Waals surface area contributed by atoms with E-state index >= 15 is 0 Å². The van der Waals surface area contributed by atoms with Gasteiger partial charge < -0.3 is 20.3 Å². The van der Waals surface area contributed by atoms with Crippen molar-refractivity contribution in [3.63, 3.8) is 0 Å². The molecule has 2 saturated carbocycles. The molecular weight excluding hydrogens is 431 g/mol. The molecule has 0 aromatic heterocycles. The molecule has 0 radical (unpaired) electrons. The monoisotopic (exact) mass is 464 g/mol. The lowest BCUT2D eigenvalue weighted by Crippen LogP contribution is -2.69. The third-order valence-corrected chi connectivity index (χ3v) is 5.87. The molecule has 2 N–H and O–H groups in total. The van der Waals surface area contributed by atoms with Gasteiger partial charge in [0.15, 0.2) is 5.96 Å². The second kappa shape index (κ2) is 8.41. The van der Waals surface area contributed by atoms with Gasteiger partial charge in [-0.15, -0.1) is 24.0 Å². The average Bonchev–Trinajstić information content (AvgIpc) is 3.16. The van der Waals surface area contributed by atoms with Crippen LogP contribution in [0.2, 0.25) is 0 Å². The van der Waals surface area contributed by atoms with E-state index in [0.29, 0.717) is 18.1 Å². The van der Waals surface area contributed by atoms with Crippen LogP contribution < -0.4 is 10.6 Å². The summed E-state index contributed by atoms with van der Waals surface area (Å²) >= 11 is 0. The standard InChI is InChI=1S/C18H32N4O2.HI/c1-12(2)20-17(19-11-14(23)22(3)4)21-15-13-7-10-24-16(13)18(15)8-5-6-9-18;/h12-13,15-16H,5-11H2,1-4H3,(H2,19,20,21);1H. The molecule has 1 amide bonds. The number of likely N-dealkylation sites (N-methyl/N-ethyl adjacent to an activating group) is 1.